The third-order valence-corrected chi connectivity index (χ3v) is 12.0. The Morgan fingerprint density at radius 3 is 2.46 bits per heavy atom. The molecule has 0 spiro atoms. The first kappa shape index (κ1) is 26.1. The van der Waals surface area contributed by atoms with Crippen molar-refractivity contribution in [3.05, 3.63) is 83.2 Å². The minimum absolute atomic E-state index is 0.126. The van der Waals surface area contributed by atoms with Crippen LogP contribution in [0.1, 0.15) is 80.5 Å². The van der Waals surface area contributed by atoms with Gasteiger partial charge in [-0.05, 0) is 105 Å². The summed E-state index contributed by atoms with van der Waals surface area (Å²) in [6.07, 6.45) is 10.2. The Hall–Kier alpha value is -3.13. The average Bonchev–Trinajstić information content (AvgIpc) is 3.34. The first-order valence-corrected chi connectivity index (χ1v) is 15.4. The van der Waals surface area contributed by atoms with Gasteiger partial charge in [-0.1, -0.05) is 25.5 Å². The molecule has 2 atom stereocenters. The lowest BCUT2D eigenvalue weighted by atomic mass is 9.61. The summed E-state index contributed by atoms with van der Waals surface area (Å²) >= 11 is 0. The molecule has 1 aromatic carbocycles. The van der Waals surface area contributed by atoms with E-state index in [9.17, 15) is 17.6 Å². The van der Waals surface area contributed by atoms with Gasteiger partial charge in [-0.2, -0.15) is 5.10 Å². The lowest BCUT2D eigenvalue weighted by Gasteiger charge is -2.45. The first-order valence-electron chi connectivity index (χ1n) is 13.8. The van der Waals surface area contributed by atoms with Crippen LogP contribution in [0, 0.1) is 16.6 Å². The Balaban J connectivity index is 1.39. The molecule has 0 N–H and O–H groups in total. The summed E-state index contributed by atoms with van der Waals surface area (Å²) in [4.78, 5) is 18.6. The maximum absolute atomic E-state index is 14.2. The number of nitrogens with zero attached hydrogens (tertiary/aromatic N) is 3. The average molecular weight is 548 g/mol. The molecule has 2 aromatic heterocycles. The largest absolute Gasteiger partial charge is 0.291 e. The second-order valence-corrected chi connectivity index (χ2v) is 14.7. The van der Waals surface area contributed by atoms with Crippen LogP contribution < -0.4 is 0 Å². The Morgan fingerprint density at radius 2 is 1.77 bits per heavy atom. The summed E-state index contributed by atoms with van der Waals surface area (Å²) in [5.74, 6) is -0.446. The molecular weight excluding hydrogens is 513 g/mol. The zero-order valence-electron chi connectivity index (χ0n) is 22.4. The van der Waals surface area contributed by atoms with Gasteiger partial charge >= 0.3 is 0 Å². The second kappa shape index (κ2) is 9.51. The molecule has 2 heterocycles. The van der Waals surface area contributed by atoms with Crippen LogP contribution in [-0.4, -0.2) is 39.5 Å². The number of hydrogen-bond donors (Lipinski definition) is 0. The molecule has 0 unspecified atom stereocenters. The monoisotopic (exact) mass is 547 g/mol. The number of aromatic nitrogens is 3. The molecule has 0 radical (unpaired) electrons. The highest BCUT2D eigenvalue weighted by molar-refractivity contribution is 7.92. The van der Waals surface area contributed by atoms with Crippen LogP contribution in [0.2, 0.25) is 0 Å². The van der Waals surface area contributed by atoms with Crippen LogP contribution in [0.5, 0.6) is 0 Å². The fourth-order valence-electron chi connectivity index (χ4n) is 6.85. The third-order valence-electron chi connectivity index (χ3n) is 9.23. The van der Waals surface area contributed by atoms with E-state index in [1.165, 1.54) is 12.1 Å². The molecule has 0 aliphatic heterocycles. The smallest absolute Gasteiger partial charge is 0.191 e. The van der Waals surface area contributed by atoms with Gasteiger partial charge < -0.3 is 0 Å². The number of allylic oxidation sites excluding steroid dienone is 1. The number of fused-ring (bicyclic) bond motifs is 2. The van der Waals surface area contributed by atoms with Gasteiger partial charge in [-0.3, -0.25) is 9.78 Å². The van der Waals surface area contributed by atoms with Crippen molar-refractivity contribution in [3.63, 3.8) is 0 Å². The minimum atomic E-state index is -3.42. The van der Waals surface area contributed by atoms with Gasteiger partial charge in [0.15, 0.2) is 15.6 Å². The van der Waals surface area contributed by atoms with E-state index in [2.05, 4.69) is 23.9 Å². The number of benzene rings is 1. The first-order chi connectivity index (χ1) is 18.6. The molecule has 0 amide bonds. The highest BCUT2D eigenvalue weighted by atomic mass is 32.2. The molecule has 2 fully saturated rings. The molecule has 39 heavy (non-hydrogen) atoms. The van der Waals surface area contributed by atoms with E-state index >= 15 is 0 Å². The van der Waals surface area contributed by atoms with Gasteiger partial charge in [0.2, 0.25) is 0 Å². The van der Waals surface area contributed by atoms with Crippen molar-refractivity contribution in [3.8, 4) is 5.69 Å². The number of carbonyl (C=O) groups excluding carboxylic acids is 1. The summed E-state index contributed by atoms with van der Waals surface area (Å²) in [5.41, 5.74) is 2.95. The normalized spacial score (nSPS) is 24.9. The van der Waals surface area contributed by atoms with Gasteiger partial charge in [-0.25, -0.2) is 17.5 Å². The van der Waals surface area contributed by atoms with Crippen LogP contribution in [0.4, 0.5) is 4.39 Å². The number of hydrogen-bond acceptors (Lipinski definition) is 5. The molecule has 0 bridgehead atoms. The predicted octanol–water partition coefficient (Wildman–Crippen LogP) is 6.15. The van der Waals surface area contributed by atoms with Gasteiger partial charge in [0.1, 0.15) is 11.5 Å². The van der Waals surface area contributed by atoms with E-state index in [1.807, 2.05) is 6.08 Å². The summed E-state index contributed by atoms with van der Waals surface area (Å²) in [7, 11) is -3.42. The number of halogens is 1. The van der Waals surface area contributed by atoms with Crippen molar-refractivity contribution >= 4 is 21.7 Å². The molecule has 2 saturated carbocycles. The number of carbonyl (C=O) groups is 1. The topological polar surface area (TPSA) is 81.9 Å². The summed E-state index contributed by atoms with van der Waals surface area (Å²) in [5, 5.41) is 3.67. The Morgan fingerprint density at radius 1 is 1.03 bits per heavy atom. The number of pyridine rings is 1. The van der Waals surface area contributed by atoms with E-state index in [4.69, 9.17) is 0 Å². The van der Waals surface area contributed by atoms with E-state index in [-0.39, 0.29) is 28.7 Å². The van der Waals surface area contributed by atoms with Crippen LogP contribution in [0.25, 0.3) is 11.8 Å². The molecule has 6 rings (SSSR count). The summed E-state index contributed by atoms with van der Waals surface area (Å²) < 4.78 is 43.3. The zero-order chi connectivity index (χ0) is 27.4. The number of sulfone groups is 1. The number of ketones is 1. The second-order valence-electron chi connectivity index (χ2n) is 12.2. The van der Waals surface area contributed by atoms with Gasteiger partial charge in [0.05, 0.1) is 33.5 Å². The molecule has 3 aromatic rings. The van der Waals surface area contributed by atoms with Crippen molar-refractivity contribution < 1.29 is 17.6 Å². The van der Waals surface area contributed by atoms with Crippen LogP contribution in [0.3, 0.4) is 0 Å². The lowest BCUT2D eigenvalue weighted by molar-refractivity contribution is 0.0796. The Kier molecular flexibility index (Phi) is 6.36. The van der Waals surface area contributed by atoms with Crippen molar-refractivity contribution in [2.75, 3.05) is 0 Å². The summed E-state index contributed by atoms with van der Waals surface area (Å²) in [6.45, 7) is 4.42. The molecular formula is C31H34FN3O3S. The minimum Gasteiger partial charge on any atom is -0.291 e. The highest BCUT2D eigenvalue weighted by Crippen LogP contribution is 2.52. The molecule has 3 aliphatic rings. The van der Waals surface area contributed by atoms with E-state index in [1.54, 1.807) is 47.4 Å². The van der Waals surface area contributed by atoms with Crippen molar-refractivity contribution in [2.45, 2.75) is 75.7 Å². The quantitative estimate of drug-likeness (QED) is 0.358. The molecule has 3 aliphatic carbocycles. The fraction of sp³-hybridized carbons (Fsp3) is 0.452. The van der Waals surface area contributed by atoms with Crippen LogP contribution in [0.15, 0.2) is 60.4 Å². The number of rotatable bonds is 5. The van der Waals surface area contributed by atoms with E-state index < -0.39 is 20.5 Å². The Labute approximate surface area is 229 Å². The molecule has 6 nitrogen and oxygen atoms in total. The fourth-order valence-corrected chi connectivity index (χ4v) is 9.25. The van der Waals surface area contributed by atoms with E-state index in [0.717, 1.165) is 35.4 Å². The van der Waals surface area contributed by atoms with Gasteiger partial charge in [-0.15, -0.1) is 0 Å². The number of Topliss-reactive ketones (excluding diaryl/α,β-unsaturated/α-hetero) is 1. The van der Waals surface area contributed by atoms with Crippen molar-refractivity contribution in [1.82, 2.24) is 14.8 Å². The standard InChI is InChI=1S/C31H34FN3O3S/c1-30(2)14-12-25(13-15-30)39(37,38)26-11-6-22-17-28-21(20-34-35(28)24-9-7-23(32)8-10-24)18-31(22,19-26)29(36)27-5-3-4-16-33-27/h3-5,7-10,16-17,20,25-26H,6,11-15,18-19H2,1-2H3/t26-,31-/m0/s1. The van der Waals surface area contributed by atoms with Crippen LogP contribution in [-0.2, 0) is 16.3 Å². The van der Waals surface area contributed by atoms with Crippen LogP contribution >= 0.6 is 0 Å². The Bertz CT molecular complexity index is 1530. The predicted molar refractivity (Wildman–Crippen MR) is 149 cm³/mol. The SMILES string of the molecule is CC1(C)CCC(S(=O)(=O)[C@H]2CCC3=Cc4c(cnn4-c4ccc(F)cc4)C[C@]3(C(=O)c3ccccn3)C2)CC1. The van der Waals surface area contributed by atoms with Crippen molar-refractivity contribution in [2.24, 2.45) is 10.8 Å². The maximum Gasteiger partial charge on any atom is 0.191 e. The van der Waals surface area contributed by atoms with E-state index in [0.29, 0.717) is 37.8 Å². The van der Waals surface area contributed by atoms with Crippen molar-refractivity contribution in [1.29, 1.82) is 0 Å². The lowest BCUT2D eigenvalue weighted by Crippen LogP contribution is -2.48. The van der Waals surface area contributed by atoms with Gasteiger partial charge in [0.25, 0.3) is 0 Å². The zero-order valence-corrected chi connectivity index (χ0v) is 23.3. The molecule has 8 heteroatoms. The maximum atomic E-state index is 14.2. The van der Waals surface area contributed by atoms with Gasteiger partial charge in [0, 0.05) is 6.20 Å². The third kappa shape index (κ3) is 4.56. The molecule has 204 valence electrons. The molecule has 0 saturated heterocycles. The summed E-state index contributed by atoms with van der Waals surface area (Å²) in [6, 6.07) is 11.4. The highest BCUT2D eigenvalue weighted by Gasteiger charge is 2.53.